The van der Waals surface area contributed by atoms with Crippen LogP contribution in [0.5, 0.6) is 0 Å². The number of carbonyl (C=O) groups is 2. The van der Waals surface area contributed by atoms with Crippen molar-refractivity contribution < 1.29 is 22.8 Å². The van der Waals surface area contributed by atoms with Gasteiger partial charge in [0.15, 0.2) is 0 Å². The molecule has 8 heteroatoms. The average molecular weight is 435 g/mol. The highest BCUT2D eigenvalue weighted by Crippen LogP contribution is 2.41. The van der Waals surface area contributed by atoms with Crippen molar-refractivity contribution in [2.24, 2.45) is 10.9 Å². The Kier molecular flexibility index (Phi) is 6.08. The smallest absolute Gasteiger partial charge is 0.316 e. The Balaban J connectivity index is 1.75. The van der Waals surface area contributed by atoms with Gasteiger partial charge in [-0.2, -0.15) is 13.2 Å². The predicted octanol–water partition coefficient (Wildman–Crippen LogP) is 4.56. The molecule has 0 saturated heterocycles. The van der Waals surface area contributed by atoms with Gasteiger partial charge in [-0.15, -0.1) is 0 Å². The van der Waals surface area contributed by atoms with Crippen molar-refractivity contribution in [3.8, 4) is 0 Å². The second-order valence-corrected chi connectivity index (χ2v) is 8.80. The Morgan fingerprint density at radius 1 is 0.968 bits per heavy atom. The number of amidine groups is 1. The molecular weight excluding hydrogens is 407 g/mol. The first-order valence-electron chi connectivity index (χ1n) is 11.2. The Morgan fingerprint density at radius 2 is 1.55 bits per heavy atom. The molecule has 2 fully saturated rings. The molecule has 1 N–H and O–H groups in total. The van der Waals surface area contributed by atoms with Crippen LogP contribution in [0, 0.1) is 5.92 Å². The summed E-state index contributed by atoms with van der Waals surface area (Å²) in [4.78, 5) is 31.5. The van der Waals surface area contributed by atoms with Crippen LogP contribution in [0.1, 0.15) is 69.8 Å². The first kappa shape index (κ1) is 21.8. The fraction of sp³-hybridized carbons (Fsp3) is 0.609. The van der Waals surface area contributed by atoms with Gasteiger partial charge in [-0.3, -0.25) is 14.5 Å². The van der Waals surface area contributed by atoms with E-state index in [0.29, 0.717) is 31.2 Å². The highest BCUT2D eigenvalue weighted by molar-refractivity contribution is 6.16. The third-order valence-corrected chi connectivity index (χ3v) is 6.69. The maximum Gasteiger partial charge on any atom is 0.442 e. The zero-order chi connectivity index (χ0) is 22.1. The summed E-state index contributed by atoms with van der Waals surface area (Å²) in [5.74, 6) is -2.43. The highest BCUT2D eigenvalue weighted by atomic mass is 19.4. The summed E-state index contributed by atoms with van der Waals surface area (Å²) in [6, 6.07) is 8.11. The fourth-order valence-electron chi connectivity index (χ4n) is 4.98. The largest absolute Gasteiger partial charge is 0.442 e. The Labute approximate surface area is 180 Å². The van der Waals surface area contributed by atoms with E-state index in [2.05, 4.69) is 10.3 Å². The molecule has 1 aromatic rings. The molecule has 0 spiro atoms. The van der Waals surface area contributed by atoms with E-state index >= 15 is 0 Å². The van der Waals surface area contributed by atoms with Crippen LogP contribution in [0.25, 0.3) is 0 Å². The molecule has 0 radical (unpaired) electrons. The normalized spacial score (nSPS) is 26.1. The van der Waals surface area contributed by atoms with E-state index in [-0.39, 0.29) is 11.9 Å². The SMILES string of the molecule is O=C(N[C@@]1(C(F)(F)F)N=C(c2ccccc2)N(C2CCCCC2)C1=O)C1CCCCC1. The van der Waals surface area contributed by atoms with E-state index in [1.165, 1.54) is 4.90 Å². The van der Waals surface area contributed by atoms with Gasteiger partial charge in [-0.05, 0) is 25.7 Å². The summed E-state index contributed by atoms with van der Waals surface area (Å²) in [5, 5.41) is 2.08. The van der Waals surface area contributed by atoms with Crippen LogP contribution in [0.15, 0.2) is 35.3 Å². The van der Waals surface area contributed by atoms with Crippen LogP contribution >= 0.6 is 0 Å². The Hall–Kier alpha value is -2.38. The third-order valence-electron chi connectivity index (χ3n) is 6.69. The second-order valence-electron chi connectivity index (χ2n) is 8.80. The van der Waals surface area contributed by atoms with Crippen LogP contribution in [0.3, 0.4) is 0 Å². The fourth-order valence-corrected chi connectivity index (χ4v) is 4.98. The van der Waals surface area contributed by atoms with Gasteiger partial charge in [0.1, 0.15) is 5.84 Å². The monoisotopic (exact) mass is 435 g/mol. The zero-order valence-corrected chi connectivity index (χ0v) is 17.5. The van der Waals surface area contributed by atoms with E-state index in [1.54, 1.807) is 30.3 Å². The summed E-state index contributed by atoms with van der Waals surface area (Å²) in [6.45, 7) is 0. The molecular formula is C23H28F3N3O2. The van der Waals surface area contributed by atoms with E-state index < -0.39 is 29.6 Å². The predicted molar refractivity (Wildman–Crippen MR) is 110 cm³/mol. The molecule has 0 aromatic heterocycles. The van der Waals surface area contributed by atoms with E-state index in [0.717, 1.165) is 38.5 Å². The first-order chi connectivity index (χ1) is 14.8. The number of halogens is 3. The van der Waals surface area contributed by atoms with Crippen molar-refractivity contribution >= 4 is 17.6 Å². The number of benzene rings is 1. The topological polar surface area (TPSA) is 61.8 Å². The molecule has 4 rings (SSSR count). The molecule has 5 nitrogen and oxygen atoms in total. The number of hydrogen-bond donors (Lipinski definition) is 1. The summed E-state index contributed by atoms with van der Waals surface area (Å²) in [6.07, 6.45) is 2.56. The molecule has 1 atom stereocenters. The molecule has 1 aliphatic heterocycles. The third kappa shape index (κ3) is 4.08. The highest BCUT2D eigenvalue weighted by Gasteiger charge is 2.68. The van der Waals surface area contributed by atoms with Gasteiger partial charge in [0.2, 0.25) is 5.91 Å². The van der Waals surface area contributed by atoms with Crippen molar-refractivity contribution in [1.29, 1.82) is 0 Å². The van der Waals surface area contributed by atoms with Gasteiger partial charge < -0.3 is 5.32 Å². The van der Waals surface area contributed by atoms with Gasteiger partial charge in [0.05, 0.1) is 0 Å². The molecule has 31 heavy (non-hydrogen) atoms. The number of nitrogens with zero attached hydrogens (tertiary/aromatic N) is 2. The Bertz CT molecular complexity index is 843. The minimum Gasteiger partial charge on any atom is -0.316 e. The molecule has 168 valence electrons. The van der Waals surface area contributed by atoms with Gasteiger partial charge in [-0.25, -0.2) is 4.99 Å². The number of aliphatic imine (C=N–C) groups is 1. The zero-order valence-electron chi connectivity index (χ0n) is 17.5. The van der Waals surface area contributed by atoms with E-state index in [9.17, 15) is 22.8 Å². The number of hydrogen-bond acceptors (Lipinski definition) is 3. The van der Waals surface area contributed by atoms with Crippen LogP contribution in [-0.2, 0) is 9.59 Å². The molecule has 1 aromatic carbocycles. The first-order valence-corrected chi connectivity index (χ1v) is 11.2. The van der Waals surface area contributed by atoms with Gasteiger partial charge >= 0.3 is 11.8 Å². The van der Waals surface area contributed by atoms with Crippen molar-refractivity contribution in [3.63, 3.8) is 0 Å². The van der Waals surface area contributed by atoms with E-state index in [4.69, 9.17) is 0 Å². The summed E-state index contributed by atoms with van der Waals surface area (Å²) in [5.41, 5.74) is -2.82. The lowest BCUT2D eigenvalue weighted by molar-refractivity contribution is -0.201. The van der Waals surface area contributed by atoms with Crippen LogP contribution in [0.4, 0.5) is 13.2 Å². The molecule has 0 bridgehead atoms. The minimum atomic E-state index is -5.04. The number of nitrogens with one attached hydrogen (secondary N) is 1. The van der Waals surface area contributed by atoms with Crippen LogP contribution in [0.2, 0.25) is 0 Å². The maximum atomic E-state index is 14.5. The summed E-state index contributed by atoms with van der Waals surface area (Å²) < 4.78 is 43.4. The standard InChI is InChI=1S/C23H28F3N3O2/c24-23(25,26)22(28-20(30)17-12-6-2-7-13-17)21(31)29(18-14-8-3-9-15-18)19(27-22)16-10-4-1-5-11-16/h1,4-5,10-11,17-18H,2-3,6-9,12-15H2,(H,28,30)/t22-/m0/s1. The molecule has 1 heterocycles. The lowest BCUT2D eigenvalue weighted by atomic mass is 9.88. The molecule has 2 amide bonds. The van der Waals surface area contributed by atoms with Crippen molar-refractivity contribution in [1.82, 2.24) is 10.2 Å². The minimum absolute atomic E-state index is 0.00114. The maximum absolute atomic E-state index is 14.5. The molecule has 2 aliphatic carbocycles. The number of alkyl halides is 3. The summed E-state index contributed by atoms with van der Waals surface area (Å²) >= 11 is 0. The number of carbonyl (C=O) groups excluding carboxylic acids is 2. The van der Waals surface area contributed by atoms with Crippen molar-refractivity contribution in [2.45, 2.75) is 82.1 Å². The van der Waals surface area contributed by atoms with Crippen molar-refractivity contribution in [3.05, 3.63) is 35.9 Å². The quantitative estimate of drug-likeness (QED) is 0.754. The van der Waals surface area contributed by atoms with Crippen molar-refractivity contribution in [2.75, 3.05) is 0 Å². The summed E-state index contributed by atoms with van der Waals surface area (Å²) in [7, 11) is 0. The molecule has 0 unspecified atom stereocenters. The molecule has 2 saturated carbocycles. The van der Waals surface area contributed by atoms with Crippen LogP contribution in [-0.4, -0.2) is 40.4 Å². The number of amides is 2. The molecule has 3 aliphatic rings. The average Bonchev–Trinajstić information content (AvgIpc) is 3.09. The van der Waals surface area contributed by atoms with Gasteiger partial charge in [0, 0.05) is 17.5 Å². The van der Waals surface area contributed by atoms with Gasteiger partial charge in [0.25, 0.3) is 5.91 Å². The second kappa shape index (κ2) is 8.63. The van der Waals surface area contributed by atoms with E-state index in [1.807, 2.05) is 0 Å². The van der Waals surface area contributed by atoms with Crippen LogP contribution < -0.4 is 5.32 Å². The lowest BCUT2D eigenvalue weighted by Crippen LogP contribution is -2.65. The van der Waals surface area contributed by atoms with Gasteiger partial charge in [-0.1, -0.05) is 68.9 Å². The lowest BCUT2D eigenvalue weighted by Gasteiger charge is -2.35. The number of rotatable bonds is 4. The Morgan fingerprint density at radius 3 is 2.13 bits per heavy atom.